The van der Waals surface area contributed by atoms with Gasteiger partial charge < -0.3 is 5.32 Å². The molecule has 1 aliphatic carbocycles. The van der Waals surface area contributed by atoms with Crippen LogP contribution in [0.1, 0.15) is 60.3 Å². The van der Waals surface area contributed by atoms with Gasteiger partial charge in [-0.25, -0.2) is 0 Å². The van der Waals surface area contributed by atoms with Gasteiger partial charge in [0.2, 0.25) is 5.91 Å². The maximum absolute atomic E-state index is 12.2. The zero-order chi connectivity index (χ0) is 17.1. The maximum Gasteiger partial charge on any atom is 0.220 e. The number of nitrogens with one attached hydrogen (secondary N) is 1. The molecule has 1 aliphatic rings. The van der Waals surface area contributed by atoms with Gasteiger partial charge >= 0.3 is 0 Å². The van der Waals surface area contributed by atoms with E-state index < -0.39 is 0 Å². The van der Waals surface area contributed by atoms with E-state index in [0.717, 1.165) is 24.4 Å². The van der Waals surface area contributed by atoms with E-state index in [0.29, 0.717) is 6.42 Å². The number of benzene rings is 1. The summed E-state index contributed by atoms with van der Waals surface area (Å²) in [4.78, 5) is 12.2. The lowest BCUT2D eigenvalue weighted by Crippen LogP contribution is -2.26. The molecule has 2 aromatic rings. The first-order valence-corrected chi connectivity index (χ1v) is 8.95. The Morgan fingerprint density at radius 1 is 1.25 bits per heavy atom. The molecule has 1 atom stereocenters. The van der Waals surface area contributed by atoms with Crippen molar-refractivity contribution in [2.75, 3.05) is 0 Å². The summed E-state index contributed by atoms with van der Waals surface area (Å²) in [5.74, 6) is 0.115. The molecule has 0 aliphatic heterocycles. The Labute approximate surface area is 144 Å². The Morgan fingerprint density at radius 3 is 2.79 bits per heavy atom. The van der Waals surface area contributed by atoms with Crippen LogP contribution in [-0.2, 0) is 24.2 Å². The van der Waals surface area contributed by atoms with Crippen LogP contribution >= 0.6 is 0 Å². The van der Waals surface area contributed by atoms with Crippen LogP contribution in [-0.4, -0.2) is 15.7 Å². The second-order valence-corrected chi connectivity index (χ2v) is 6.92. The number of carbonyl (C=O) groups is 1. The van der Waals surface area contributed by atoms with E-state index >= 15 is 0 Å². The van der Waals surface area contributed by atoms with Crippen LogP contribution in [0.4, 0.5) is 0 Å². The maximum atomic E-state index is 12.2. The van der Waals surface area contributed by atoms with Gasteiger partial charge in [0.25, 0.3) is 0 Å². The van der Waals surface area contributed by atoms with Gasteiger partial charge in [0, 0.05) is 18.7 Å². The van der Waals surface area contributed by atoms with Gasteiger partial charge in [0.15, 0.2) is 0 Å². The monoisotopic (exact) mass is 325 g/mol. The van der Waals surface area contributed by atoms with Crippen molar-refractivity contribution in [2.24, 2.45) is 0 Å². The SMILES string of the molecule is Cc1cc(C)n(CCCC(=O)NC(C)c2ccc3c(c2)CCC3)n1. The molecule has 4 nitrogen and oxygen atoms in total. The van der Waals surface area contributed by atoms with E-state index in [1.165, 1.54) is 36.0 Å². The van der Waals surface area contributed by atoms with Crippen molar-refractivity contribution < 1.29 is 4.79 Å². The van der Waals surface area contributed by atoms with Gasteiger partial charge in [-0.2, -0.15) is 5.10 Å². The first-order chi connectivity index (χ1) is 11.5. The van der Waals surface area contributed by atoms with Gasteiger partial charge in [-0.3, -0.25) is 9.48 Å². The van der Waals surface area contributed by atoms with Crippen molar-refractivity contribution in [3.8, 4) is 0 Å². The van der Waals surface area contributed by atoms with Crippen LogP contribution in [0.15, 0.2) is 24.3 Å². The molecule has 1 aromatic carbocycles. The molecule has 24 heavy (non-hydrogen) atoms. The van der Waals surface area contributed by atoms with E-state index in [1.54, 1.807) is 0 Å². The highest BCUT2D eigenvalue weighted by molar-refractivity contribution is 5.76. The summed E-state index contributed by atoms with van der Waals surface area (Å²) in [6.45, 7) is 6.90. The summed E-state index contributed by atoms with van der Waals surface area (Å²) in [7, 11) is 0. The molecule has 0 fully saturated rings. The minimum atomic E-state index is 0.0667. The Morgan fingerprint density at radius 2 is 2.04 bits per heavy atom. The van der Waals surface area contributed by atoms with Crippen LogP contribution in [0, 0.1) is 13.8 Å². The summed E-state index contributed by atoms with van der Waals surface area (Å²) >= 11 is 0. The van der Waals surface area contributed by atoms with Crippen molar-refractivity contribution in [1.29, 1.82) is 0 Å². The Balaban J connectivity index is 1.48. The number of aryl methyl sites for hydroxylation is 5. The molecule has 1 amide bonds. The lowest BCUT2D eigenvalue weighted by Gasteiger charge is -2.16. The lowest BCUT2D eigenvalue weighted by atomic mass is 10.0. The van der Waals surface area contributed by atoms with Crippen LogP contribution in [0.2, 0.25) is 0 Å². The minimum Gasteiger partial charge on any atom is -0.350 e. The van der Waals surface area contributed by atoms with Crippen LogP contribution in [0.25, 0.3) is 0 Å². The average molecular weight is 325 g/mol. The molecule has 1 N–H and O–H groups in total. The van der Waals surface area contributed by atoms with Gasteiger partial charge in [0.05, 0.1) is 11.7 Å². The molecule has 0 spiro atoms. The van der Waals surface area contributed by atoms with E-state index in [4.69, 9.17) is 0 Å². The zero-order valence-electron chi connectivity index (χ0n) is 14.9. The number of carbonyl (C=O) groups excluding carboxylic acids is 1. The van der Waals surface area contributed by atoms with Crippen molar-refractivity contribution in [2.45, 2.75) is 65.5 Å². The average Bonchev–Trinajstić information content (AvgIpc) is 3.12. The predicted molar refractivity (Wildman–Crippen MR) is 96.0 cm³/mol. The van der Waals surface area contributed by atoms with Crippen LogP contribution in [0.5, 0.6) is 0 Å². The Bertz CT molecular complexity index is 732. The summed E-state index contributed by atoms with van der Waals surface area (Å²) in [5, 5.41) is 7.56. The summed E-state index contributed by atoms with van der Waals surface area (Å²) in [6, 6.07) is 8.78. The van der Waals surface area contributed by atoms with Crippen LogP contribution in [0.3, 0.4) is 0 Å². The molecule has 0 saturated carbocycles. The van der Waals surface area contributed by atoms with Gasteiger partial charge in [0.1, 0.15) is 0 Å². The molecule has 0 radical (unpaired) electrons. The third kappa shape index (κ3) is 3.86. The fourth-order valence-corrected chi connectivity index (χ4v) is 3.55. The molecular formula is C20H27N3O. The van der Waals surface area contributed by atoms with Gasteiger partial charge in [-0.1, -0.05) is 18.2 Å². The highest BCUT2D eigenvalue weighted by Gasteiger charge is 2.15. The fraction of sp³-hybridized carbons (Fsp3) is 0.500. The molecule has 0 saturated heterocycles. The number of fused-ring (bicyclic) bond motifs is 1. The number of nitrogens with zero attached hydrogens (tertiary/aromatic N) is 2. The molecule has 4 heteroatoms. The highest BCUT2D eigenvalue weighted by Crippen LogP contribution is 2.25. The number of hydrogen-bond donors (Lipinski definition) is 1. The number of rotatable bonds is 6. The van der Waals surface area contributed by atoms with E-state index in [9.17, 15) is 4.79 Å². The lowest BCUT2D eigenvalue weighted by molar-refractivity contribution is -0.121. The number of amides is 1. The molecule has 128 valence electrons. The van der Waals surface area contributed by atoms with E-state index in [1.807, 2.05) is 11.6 Å². The summed E-state index contributed by atoms with van der Waals surface area (Å²) in [6.07, 6.45) is 4.97. The standard InChI is InChI=1S/C20H27N3O/c1-14-12-15(2)23(22-14)11-5-8-20(24)21-16(3)18-10-9-17-6-4-7-19(17)13-18/h9-10,12-13,16H,4-8,11H2,1-3H3,(H,21,24). The molecule has 1 aromatic heterocycles. The smallest absolute Gasteiger partial charge is 0.220 e. The highest BCUT2D eigenvalue weighted by atomic mass is 16.1. The topological polar surface area (TPSA) is 46.9 Å². The molecule has 1 heterocycles. The van der Waals surface area contributed by atoms with E-state index in [2.05, 4.69) is 48.5 Å². The summed E-state index contributed by atoms with van der Waals surface area (Å²) < 4.78 is 1.98. The third-order valence-electron chi connectivity index (χ3n) is 4.88. The molecule has 3 rings (SSSR count). The minimum absolute atomic E-state index is 0.0667. The number of aromatic nitrogens is 2. The van der Waals surface area contributed by atoms with E-state index in [-0.39, 0.29) is 11.9 Å². The van der Waals surface area contributed by atoms with Crippen molar-refractivity contribution in [3.63, 3.8) is 0 Å². The zero-order valence-corrected chi connectivity index (χ0v) is 14.9. The van der Waals surface area contributed by atoms with Crippen molar-refractivity contribution in [1.82, 2.24) is 15.1 Å². The predicted octanol–water partition coefficient (Wildman–Crippen LogP) is 3.65. The second-order valence-electron chi connectivity index (χ2n) is 6.92. The normalized spacial score (nSPS) is 14.5. The fourth-order valence-electron chi connectivity index (χ4n) is 3.55. The van der Waals surface area contributed by atoms with Crippen molar-refractivity contribution in [3.05, 3.63) is 52.3 Å². The third-order valence-corrected chi connectivity index (χ3v) is 4.88. The summed E-state index contributed by atoms with van der Waals surface area (Å²) in [5.41, 5.74) is 6.32. The largest absolute Gasteiger partial charge is 0.350 e. The molecule has 1 unspecified atom stereocenters. The first-order valence-electron chi connectivity index (χ1n) is 8.95. The second kappa shape index (κ2) is 7.20. The first kappa shape index (κ1) is 16.7. The number of hydrogen-bond acceptors (Lipinski definition) is 2. The quantitative estimate of drug-likeness (QED) is 0.881. The van der Waals surface area contributed by atoms with Crippen molar-refractivity contribution >= 4 is 5.91 Å². The molecule has 0 bridgehead atoms. The Kier molecular flexibility index (Phi) is 5.03. The molecular weight excluding hydrogens is 298 g/mol. The van der Waals surface area contributed by atoms with Gasteiger partial charge in [-0.15, -0.1) is 0 Å². The van der Waals surface area contributed by atoms with Gasteiger partial charge in [-0.05, 0) is 69.2 Å². The Hall–Kier alpha value is -2.10. The van der Waals surface area contributed by atoms with Crippen LogP contribution < -0.4 is 5.32 Å².